The average molecular weight is 380 g/mol. The molecule has 0 aliphatic carbocycles. The third kappa shape index (κ3) is 4.91. The number of halogens is 1. The quantitative estimate of drug-likeness (QED) is 0.612. The van der Waals surface area contributed by atoms with Crippen LogP contribution in [0.25, 0.3) is 0 Å². The third-order valence-corrected chi connectivity index (χ3v) is 5.23. The molecule has 2 aromatic rings. The fourth-order valence-corrected chi connectivity index (χ4v) is 3.50. The molecule has 0 amide bonds. The van der Waals surface area contributed by atoms with E-state index in [4.69, 9.17) is 4.74 Å². The lowest BCUT2D eigenvalue weighted by atomic mass is 9.98. The number of benzene rings is 1. The van der Waals surface area contributed by atoms with Crippen LogP contribution >= 0.6 is 23.7 Å². The van der Waals surface area contributed by atoms with Gasteiger partial charge in [-0.3, -0.25) is 9.59 Å². The molecule has 0 spiro atoms. The molecule has 2 atom stereocenters. The Labute approximate surface area is 158 Å². The van der Waals surface area contributed by atoms with Crippen molar-refractivity contribution in [1.82, 2.24) is 5.32 Å². The molecule has 0 bridgehead atoms. The summed E-state index contributed by atoms with van der Waals surface area (Å²) in [5.74, 6) is -0.544. The van der Waals surface area contributed by atoms with E-state index in [0.29, 0.717) is 12.2 Å². The maximum atomic E-state index is 12.3. The first-order valence-electron chi connectivity index (χ1n) is 8.23. The second-order valence-electron chi connectivity index (χ2n) is 6.07. The van der Waals surface area contributed by atoms with Crippen molar-refractivity contribution >= 4 is 35.5 Å². The van der Waals surface area contributed by atoms with Gasteiger partial charge in [-0.15, -0.1) is 23.7 Å². The van der Waals surface area contributed by atoms with Crippen LogP contribution in [0.2, 0.25) is 0 Å². The molecule has 6 heteroatoms. The van der Waals surface area contributed by atoms with Crippen molar-refractivity contribution in [3.8, 4) is 0 Å². The summed E-state index contributed by atoms with van der Waals surface area (Å²) in [4.78, 5) is 25.2. The summed E-state index contributed by atoms with van der Waals surface area (Å²) in [5, 5.41) is 5.20. The number of hydrogen-bond donors (Lipinski definition) is 1. The molecule has 2 unspecified atom stereocenters. The molecular weight excluding hydrogens is 358 g/mol. The van der Waals surface area contributed by atoms with Gasteiger partial charge in [-0.2, -0.15) is 0 Å². The Balaban J connectivity index is 0.00000225. The molecule has 1 N–H and O–H groups in total. The number of rotatable bonds is 6. The largest absolute Gasteiger partial charge is 0.464 e. The lowest BCUT2D eigenvalue weighted by Gasteiger charge is -2.15. The van der Waals surface area contributed by atoms with Crippen molar-refractivity contribution in [2.45, 2.75) is 31.7 Å². The highest BCUT2D eigenvalue weighted by Gasteiger charge is 2.21. The van der Waals surface area contributed by atoms with E-state index in [1.54, 1.807) is 12.1 Å². The minimum absolute atomic E-state index is 0. The lowest BCUT2D eigenvalue weighted by molar-refractivity contribution is -0.145. The zero-order valence-electron chi connectivity index (χ0n) is 14.1. The van der Waals surface area contributed by atoms with Crippen LogP contribution in [0, 0.1) is 0 Å². The van der Waals surface area contributed by atoms with Gasteiger partial charge < -0.3 is 10.1 Å². The van der Waals surface area contributed by atoms with E-state index in [1.807, 2.05) is 36.6 Å². The van der Waals surface area contributed by atoms with Crippen molar-refractivity contribution in [2.75, 3.05) is 13.2 Å². The average Bonchev–Trinajstić information content (AvgIpc) is 3.32. The maximum Gasteiger partial charge on any atom is 0.313 e. The number of carbonyl (C=O) groups is 2. The summed E-state index contributed by atoms with van der Waals surface area (Å²) in [6.07, 6.45) is 2.19. The Morgan fingerprint density at radius 3 is 2.64 bits per heavy atom. The first kappa shape index (κ1) is 19.6. The Kier molecular flexibility index (Phi) is 7.17. The summed E-state index contributed by atoms with van der Waals surface area (Å²) in [7, 11) is 0. The molecule has 0 saturated carbocycles. The standard InChI is InChI=1S/C19H21NO3S.ClH/c1-13(19(22)23-12-16-4-2-10-20-16)14-6-8-15(9-7-14)18(21)17-5-3-11-24-17;/h3,5-9,11,13,16,20H,2,4,10,12H2,1H3;1H. The van der Waals surface area contributed by atoms with Crippen molar-refractivity contribution in [2.24, 2.45) is 0 Å². The van der Waals surface area contributed by atoms with E-state index < -0.39 is 0 Å². The van der Waals surface area contributed by atoms with Gasteiger partial charge in [0.05, 0.1) is 10.8 Å². The Morgan fingerprint density at radius 1 is 1.28 bits per heavy atom. The number of ketones is 1. The molecule has 1 saturated heterocycles. The van der Waals surface area contributed by atoms with Gasteiger partial charge in [0, 0.05) is 11.6 Å². The molecular formula is C19H22ClNO3S. The minimum atomic E-state index is -0.336. The van der Waals surface area contributed by atoms with E-state index in [-0.39, 0.29) is 36.1 Å². The highest BCUT2D eigenvalue weighted by atomic mass is 35.5. The summed E-state index contributed by atoms with van der Waals surface area (Å²) in [6.45, 7) is 3.26. The molecule has 4 nitrogen and oxygen atoms in total. The summed E-state index contributed by atoms with van der Waals surface area (Å²) < 4.78 is 5.41. The zero-order chi connectivity index (χ0) is 16.9. The molecule has 1 aromatic carbocycles. The van der Waals surface area contributed by atoms with Crippen LogP contribution in [0.5, 0.6) is 0 Å². The normalized spacial score (nSPS) is 17.6. The molecule has 25 heavy (non-hydrogen) atoms. The predicted octanol–water partition coefficient (Wildman–Crippen LogP) is 3.80. The number of esters is 1. The van der Waals surface area contributed by atoms with Gasteiger partial charge in [-0.25, -0.2) is 0 Å². The molecule has 1 aliphatic rings. The Bertz CT molecular complexity index is 694. The molecule has 0 radical (unpaired) electrons. The monoisotopic (exact) mass is 379 g/mol. The second kappa shape index (κ2) is 9.13. The third-order valence-electron chi connectivity index (χ3n) is 4.36. The SMILES string of the molecule is CC(C(=O)OCC1CCCN1)c1ccc(C(=O)c2cccs2)cc1.Cl. The van der Waals surface area contributed by atoms with Gasteiger partial charge in [-0.05, 0) is 43.3 Å². The molecule has 2 heterocycles. The van der Waals surface area contributed by atoms with Gasteiger partial charge in [0.15, 0.2) is 0 Å². The Morgan fingerprint density at radius 2 is 2.04 bits per heavy atom. The van der Waals surface area contributed by atoms with Crippen LogP contribution in [0.1, 0.15) is 46.5 Å². The van der Waals surface area contributed by atoms with E-state index >= 15 is 0 Å². The molecule has 1 aromatic heterocycles. The fourth-order valence-electron chi connectivity index (χ4n) is 2.82. The summed E-state index contributed by atoms with van der Waals surface area (Å²) in [6, 6.07) is 11.2. The van der Waals surface area contributed by atoms with E-state index in [2.05, 4.69) is 5.32 Å². The van der Waals surface area contributed by atoms with Gasteiger partial charge >= 0.3 is 5.97 Å². The fraction of sp³-hybridized carbons (Fsp3) is 0.368. The van der Waals surface area contributed by atoms with Crippen molar-refractivity contribution in [3.63, 3.8) is 0 Å². The maximum absolute atomic E-state index is 12.3. The summed E-state index contributed by atoms with van der Waals surface area (Å²) in [5.41, 5.74) is 1.50. The topological polar surface area (TPSA) is 55.4 Å². The van der Waals surface area contributed by atoms with Crippen LogP contribution in [0.4, 0.5) is 0 Å². The van der Waals surface area contributed by atoms with Gasteiger partial charge in [0.25, 0.3) is 0 Å². The van der Waals surface area contributed by atoms with Gasteiger partial charge in [0.1, 0.15) is 6.61 Å². The van der Waals surface area contributed by atoms with E-state index in [0.717, 1.165) is 29.8 Å². The van der Waals surface area contributed by atoms with Crippen molar-refractivity contribution < 1.29 is 14.3 Å². The molecule has 1 fully saturated rings. The number of nitrogens with one attached hydrogen (secondary N) is 1. The summed E-state index contributed by atoms with van der Waals surface area (Å²) >= 11 is 1.43. The first-order chi connectivity index (χ1) is 11.6. The van der Waals surface area contributed by atoms with Crippen LogP contribution in [0.15, 0.2) is 41.8 Å². The van der Waals surface area contributed by atoms with Gasteiger partial charge in [-0.1, -0.05) is 30.3 Å². The molecule has 1 aliphatic heterocycles. The number of hydrogen-bond acceptors (Lipinski definition) is 5. The predicted molar refractivity (Wildman–Crippen MR) is 102 cm³/mol. The number of ether oxygens (including phenoxy) is 1. The highest BCUT2D eigenvalue weighted by molar-refractivity contribution is 7.12. The van der Waals surface area contributed by atoms with E-state index in [9.17, 15) is 9.59 Å². The van der Waals surface area contributed by atoms with Crippen LogP contribution < -0.4 is 5.32 Å². The number of thiophene rings is 1. The van der Waals surface area contributed by atoms with Crippen molar-refractivity contribution in [1.29, 1.82) is 0 Å². The number of carbonyl (C=O) groups excluding carboxylic acids is 2. The smallest absolute Gasteiger partial charge is 0.313 e. The lowest BCUT2D eigenvalue weighted by Crippen LogP contribution is -2.29. The van der Waals surface area contributed by atoms with Crippen LogP contribution in [0.3, 0.4) is 0 Å². The molecule has 134 valence electrons. The van der Waals surface area contributed by atoms with Crippen LogP contribution in [-0.4, -0.2) is 30.9 Å². The van der Waals surface area contributed by atoms with E-state index in [1.165, 1.54) is 11.3 Å². The second-order valence-corrected chi connectivity index (χ2v) is 7.02. The zero-order valence-corrected chi connectivity index (χ0v) is 15.7. The van der Waals surface area contributed by atoms with Crippen molar-refractivity contribution in [3.05, 3.63) is 57.8 Å². The first-order valence-corrected chi connectivity index (χ1v) is 9.11. The van der Waals surface area contributed by atoms with Crippen LogP contribution in [-0.2, 0) is 9.53 Å². The molecule has 3 rings (SSSR count). The van der Waals surface area contributed by atoms with Gasteiger partial charge in [0.2, 0.25) is 5.78 Å². The Hall–Kier alpha value is -1.69. The highest BCUT2D eigenvalue weighted by Crippen LogP contribution is 2.20. The minimum Gasteiger partial charge on any atom is -0.464 e.